The molecule has 2 heterocycles. The Morgan fingerprint density at radius 2 is 1.95 bits per heavy atom. The number of aromatic hydroxyl groups is 1. The Bertz CT molecular complexity index is 746. The van der Waals surface area contributed by atoms with Crippen LogP contribution in [0.3, 0.4) is 0 Å². The minimum atomic E-state index is -0.988. The number of aliphatic hydroxyl groups is 1. The van der Waals surface area contributed by atoms with E-state index in [1.165, 1.54) is 0 Å². The number of ether oxygens (including phenoxy) is 1. The molecule has 102 valence electrons. The highest BCUT2D eigenvalue weighted by Crippen LogP contribution is 2.38. The Hall–Kier alpha value is -2.60. The van der Waals surface area contributed by atoms with E-state index in [9.17, 15) is 14.7 Å². The Morgan fingerprint density at radius 1 is 1.20 bits per heavy atom. The Balaban J connectivity index is 2.18. The molecule has 0 fully saturated rings. The van der Waals surface area contributed by atoms with Crippen molar-refractivity contribution in [3.05, 3.63) is 63.2 Å². The first-order valence-corrected chi connectivity index (χ1v) is 5.88. The standard InChI is InChI=1S/C14H10O6/c15-6-7-5-10(16)11(17)13(19-7)12-8-3-1-2-4-9(8)14(18)20-12/h1-5,12,15,17H,6H2/t12-/m1/s1. The van der Waals surface area contributed by atoms with E-state index in [1.54, 1.807) is 24.3 Å². The zero-order valence-electron chi connectivity index (χ0n) is 10.2. The van der Waals surface area contributed by atoms with Crippen LogP contribution in [0.2, 0.25) is 0 Å². The van der Waals surface area contributed by atoms with Gasteiger partial charge in [0.1, 0.15) is 12.4 Å². The second-order valence-electron chi connectivity index (χ2n) is 4.32. The maximum Gasteiger partial charge on any atom is 0.339 e. The topological polar surface area (TPSA) is 97.0 Å². The minimum Gasteiger partial charge on any atom is -0.502 e. The summed E-state index contributed by atoms with van der Waals surface area (Å²) in [5, 5.41) is 18.9. The predicted molar refractivity (Wildman–Crippen MR) is 66.3 cm³/mol. The molecule has 0 amide bonds. The van der Waals surface area contributed by atoms with Crippen molar-refractivity contribution in [1.82, 2.24) is 0 Å². The maximum atomic E-state index is 11.7. The normalized spacial score (nSPS) is 16.9. The molecule has 0 aliphatic carbocycles. The van der Waals surface area contributed by atoms with Gasteiger partial charge in [0.15, 0.2) is 11.9 Å². The van der Waals surface area contributed by atoms with E-state index in [0.29, 0.717) is 11.1 Å². The molecule has 1 aromatic heterocycles. The zero-order valence-corrected chi connectivity index (χ0v) is 10.2. The fourth-order valence-corrected chi connectivity index (χ4v) is 2.15. The summed E-state index contributed by atoms with van der Waals surface area (Å²) in [6.07, 6.45) is -0.988. The molecule has 2 aromatic rings. The summed E-state index contributed by atoms with van der Waals surface area (Å²) in [6, 6.07) is 7.61. The Morgan fingerprint density at radius 3 is 2.70 bits per heavy atom. The van der Waals surface area contributed by atoms with Crippen molar-refractivity contribution in [1.29, 1.82) is 0 Å². The van der Waals surface area contributed by atoms with Crippen LogP contribution >= 0.6 is 0 Å². The SMILES string of the molecule is O=C1O[C@@H](c2oc(CO)cc(=O)c2O)c2ccccc21. The molecule has 6 nitrogen and oxygen atoms in total. The van der Waals surface area contributed by atoms with Gasteiger partial charge >= 0.3 is 5.97 Å². The molecule has 3 rings (SSSR count). The number of fused-ring (bicyclic) bond motifs is 1. The highest BCUT2D eigenvalue weighted by Gasteiger charge is 2.36. The number of benzene rings is 1. The van der Waals surface area contributed by atoms with Crippen LogP contribution in [-0.2, 0) is 11.3 Å². The molecular formula is C14H10O6. The summed E-state index contributed by atoms with van der Waals surface area (Å²) in [6.45, 7) is -0.495. The maximum absolute atomic E-state index is 11.7. The van der Waals surface area contributed by atoms with Gasteiger partial charge in [-0.1, -0.05) is 18.2 Å². The third kappa shape index (κ3) is 1.78. The molecule has 1 aliphatic rings. The van der Waals surface area contributed by atoms with E-state index in [-0.39, 0.29) is 11.5 Å². The van der Waals surface area contributed by atoms with Gasteiger partial charge in [0.05, 0.1) is 5.56 Å². The molecule has 0 spiro atoms. The third-order valence-electron chi connectivity index (χ3n) is 3.08. The minimum absolute atomic E-state index is 0.0109. The predicted octanol–water partition coefficient (Wildman–Crippen LogP) is 1.10. The van der Waals surface area contributed by atoms with Crippen molar-refractivity contribution in [3.63, 3.8) is 0 Å². The van der Waals surface area contributed by atoms with Crippen LogP contribution in [0.5, 0.6) is 5.75 Å². The van der Waals surface area contributed by atoms with Crippen LogP contribution < -0.4 is 5.43 Å². The summed E-state index contributed by atoms with van der Waals surface area (Å²) in [5.41, 5.74) is 0.163. The molecular weight excluding hydrogens is 264 g/mol. The Labute approximate surface area is 112 Å². The van der Waals surface area contributed by atoms with Gasteiger partial charge in [-0.3, -0.25) is 4.79 Å². The lowest BCUT2D eigenvalue weighted by Gasteiger charge is -2.12. The van der Waals surface area contributed by atoms with E-state index >= 15 is 0 Å². The number of carbonyl (C=O) groups is 1. The van der Waals surface area contributed by atoms with Gasteiger partial charge in [-0.15, -0.1) is 0 Å². The van der Waals surface area contributed by atoms with Crippen molar-refractivity contribution >= 4 is 5.97 Å². The van der Waals surface area contributed by atoms with E-state index < -0.39 is 29.9 Å². The van der Waals surface area contributed by atoms with Crippen molar-refractivity contribution in [3.8, 4) is 5.75 Å². The number of hydrogen-bond acceptors (Lipinski definition) is 6. The van der Waals surface area contributed by atoms with Crippen LogP contribution in [-0.4, -0.2) is 16.2 Å². The van der Waals surface area contributed by atoms with E-state index in [2.05, 4.69) is 0 Å². The van der Waals surface area contributed by atoms with Gasteiger partial charge in [-0.25, -0.2) is 4.79 Å². The summed E-state index contributed by atoms with van der Waals surface area (Å²) in [7, 11) is 0. The number of aliphatic hydroxyl groups excluding tert-OH is 1. The first kappa shape index (κ1) is 12.4. The molecule has 0 radical (unpaired) electrons. The monoisotopic (exact) mass is 274 g/mol. The van der Waals surface area contributed by atoms with Crippen molar-refractivity contribution < 1.29 is 24.2 Å². The van der Waals surface area contributed by atoms with Gasteiger partial charge in [0, 0.05) is 11.6 Å². The number of rotatable bonds is 2. The first-order chi connectivity index (χ1) is 9.61. The van der Waals surface area contributed by atoms with Gasteiger partial charge < -0.3 is 19.4 Å². The number of hydrogen-bond donors (Lipinski definition) is 2. The molecule has 0 unspecified atom stereocenters. The summed E-state index contributed by atoms with van der Waals surface area (Å²) >= 11 is 0. The van der Waals surface area contributed by atoms with E-state index in [4.69, 9.17) is 14.3 Å². The number of cyclic esters (lactones) is 1. The van der Waals surface area contributed by atoms with E-state index in [1.807, 2.05) is 0 Å². The number of esters is 1. The average Bonchev–Trinajstić information content (AvgIpc) is 2.79. The molecule has 1 aromatic carbocycles. The molecule has 2 N–H and O–H groups in total. The van der Waals surface area contributed by atoms with Gasteiger partial charge in [0.25, 0.3) is 0 Å². The summed E-state index contributed by atoms with van der Waals surface area (Å²) in [4.78, 5) is 23.3. The van der Waals surface area contributed by atoms with E-state index in [0.717, 1.165) is 6.07 Å². The lowest BCUT2D eigenvalue weighted by Crippen LogP contribution is -2.09. The fourth-order valence-electron chi connectivity index (χ4n) is 2.15. The largest absolute Gasteiger partial charge is 0.502 e. The van der Waals surface area contributed by atoms with Crippen LogP contribution in [0.15, 0.2) is 39.5 Å². The van der Waals surface area contributed by atoms with Crippen molar-refractivity contribution in [2.75, 3.05) is 0 Å². The second-order valence-corrected chi connectivity index (χ2v) is 4.32. The first-order valence-electron chi connectivity index (χ1n) is 5.88. The van der Waals surface area contributed by atoms with Gasteiger partial charge in [-0.2, -0.15) is 0 Å². The molecule has 1 atom stereocenters. The van der Waals surface area contributed by atoms with Gasteiger partial charge in [-0.05, 0) is 6.07 Å². The molecule has 1 aliphatic heterocycles. The summed E-state index contributed by atoms with van der Waals surface area (Å²) < 4.78 is 10.4. The van der Waals surface area contributed by atoms with Crippen LogP contribution in [0.25, 0.3) is 0 Å². The highest BCUT2D eigenvalue weighted by atomic mass is 16.6. The Kier molecular flexibility index (Phi) is 2.80. The summed E-state index contributed by atoms with van der Waals surface area (Å²) in [5.74, 6) is -1.37. The van der Waals surface area contributed by atoms with Crippen molar-refractivity contribution in [2.24, 2.45) is 0 Å². The molecule has 0 saturated heterocycles. The zero-order chi connectivity index (χ0) is 14.3. The van der Waals surface area contributed by atoms with Crippen LogP contribution in [0, 0.1) is 0 Å². The van der Waals surface area contributed by atoms with Crippen molar-refractivity contribution in [2.45, 2.75) is 12.7 Å². The van der Waals surface area contributed by atoms with Crippen LogP contribution in [0.4, 0.5) is 0 Å². The van der Waals surface area contributed by atoms with Gasteiger partial charge in [0.2, 0.25) is 11.2 Å². The third-order valence-corrected chi connectivity index (χ3v) is 3.08. The second kappa shape index (κ2) is 4.50. The lowest BCUT2D eigenvalue weighted by molar-refractivity contribution is 0.0405. The van der Waals surface area contributed by atoms with Crippen LogP contribution in [0.1, 0.15) is 33.5 Å². The molecule has 6 heteroatoms. The average molecular weight is 274 g/mol. The highest BCUT2D eigenvalue weighted by molar-refractivity contribution is 5.94. The lowest BCUT2D eigenvalue weighted by atomic mass is 10.0. The molecule has 0 bridgehead atoms. The quantitative estimate of drug-likeness (QED) is 0.796. The smallest absolute Gasteiger partial charge is 0.339 e. The molecule has 20 heavy (non-hydrogen) atoms. The fraction of sp³-hybridized carbons (Fsp3) is 0.143. The molecule has 0 saturated carbocycles. The number of carbonyl (C=O) groups excluding carboxylic acids is 1.